The maximum absolute atomic E-state index is 10.4. The van der Waals surface area contributed by atoms with Crippen LogP contribution in [0.4, 0.5) is 0 Å². The topological polar surface area (TPSA) is 106 Å². The summed E-state index contributed by atoms with van der Waals surface area (Å²) >= 11 is 0. The van der Waals surface area contributed by atoms with Gasteiger partial charge in [-0.15, -0.1) is 0 Å². The van der Waals surface area contributed by atoms with Gasteiger partial charge in [0.25, 0.3) is 0 Å². The van der Waals surface area contributed by atoms with Crippen molar-refractivity contribution in [2.45, 2.75) is 25.3 Å². The normalized spacial score (nSPS) is 15.5. The van der Waals surface area contributed by atoms with Crippen molar-refractivity contribution in [2.75, 3.05) is 0 Å². The van der Waals surface area contributed by atoms with Gasteiger partial charge in [-0.1, -0.05) is 0 Å². The Morgan fingerprint density at radius 3 is 2.27 bits per heavy atom. The Kier molecular flexibility index (Phi) is 3.00. The molecule has 1 atom stereocenters. The van der Waals surface area contributed by atoms with Crippen LogP contribution in [0.15, 0.2) is 0 Å². The van der Waals surface area contributed by atoms with Crippen molar-refractivity contribution in [3.63, 3.8) is 0 Å². The van der Waals surface area contributed by atoms with E-state index in [4.69, 9.17) is 16.6 Å². The first-order valence-corrected chi connectivity index (χ1v) is 3.17. The number of carbonyl (C=O) groups excluding carboxylic acids is 1. The van der Waals surface area contributed by atoms with Gasteiger partial charge in [-0.05, 0) is 13.3 Å². The molecule has 0 bridgehead atoms. The number of carboxylic acid groups (broad SMARTS) is 1. The predicted octanol–water partition coefficient (Wildman–Crippen LogP) is -0.946. The molecule has 1 unspecified atom stereocenters. The Balaban J connectivity index is 3.92. The molecule has 0 aromatic heterocycles. The van der Waals surface area contributed by atoms with E-state index in [-0.39, 0.29) is 12.8 Å². The van der Waals surface area contributed by atoms with Gasteiger partial charge in [0.1, 0.15) is 5.54 Å². The highest BCUT2D eigenvalue weighted by Gasteiger charge is 2.27. The number of primary amides is 1. The molecular weight excluding hydrogens is 148 g/mol. The van der Waals surface area contributed by atoms with Crippen LogP contribution >= 0.6 is 0 Å². The summed E-state index contributed by atoms with van der Waals surface area (Å²) in [5.74, 6) is -1.67. The number of carboxylic acids is 1. The van der Waals surface area contributed by atoms with Gasteiger partial charge in [-0.25, -0.2) is 0 Å². The lowest BCUT2D eigenvalue weighted by Crippen LogP contribution is -2.45. The van der Waals surface area contributed by atoms with E-state index in [1.54, 1.807) is 0 Å². The summed E-state index contributed by atoms with van der Waals surface area (Å²) in [6.45, 7) is 1.35. The first kappa shape index (κ1) is 9.90. The molecule has 0 aromatic rings. The number of aliphatic carboxylic acids is 1. The third-order valence-corrected chi connectivity index (χ3v) is 1.38. The lowest BCUT2D eigenvalue weighted by molar-refractivity contribution is -0.143. The fourth-order valence-corrected chi connectivity index (χ4v) is 0.490. The molecule has 0 saturated heterocycles. The fraction of sp³-hybridized carbons (Fsp3) is 0.667. The van der Waals surface area contributed by atoms with E-state index in [9.17, 15) is 9.59 Å². The maximum Gasteiger partial charge on any atom is 0.323 e. The van der Waals surface area contributed by atoms with E-state index in [1.807, 2.05) is 0 Å². The second-order valence-corrected chi connectivity index (χ2v) is 2.69. The van der Waals surface area contributed by atoms with Crippen LogP contribution in [0.2, 0.25) is 0 Å². The van der Waals surface area contributed by atoms with Crippen LogP contribution in [-0.4, -0.2) is 22.5 Å². The predicted molar refractivity (Wildman–Crippen MR) is 38.7 cm³/mol. The molecular formula is C6H12N2O3. The maximum atomic E-state index is 10.4. The molecule has 64 valence electrons. The Morgan fingerprint density at radius 2 is 2.00 bits per heavy atom. The smallest absolute Gasteiger partial charge is 0.323 e. The molecule has 0 aromatic carbocycles. The second-order valence-electron chi connectivity index (χ2n) is 2.69. The molecule has 11 heavy (non-hydrogen) atoms. The zero-order valence-corrected chi connectivity index (χ0v) is 6.33. The summed E-state index contributed by atoms with van der Waals surface area (Å²) in [5, 5.41) is 8.48. The van der Waals surface area contributed by atoms with Gasteiger partial charge in [0.05, 0.1) is 0 Å². The van der Waals surface area contributed by atoms with Gasteiger partial charge in [0.15, 0.2) is 0 Å². The molecule has 0 aliphatic heterocycles. The molecule has 5 heteroatoms. The van der Waals surface area contributed by atoms with Crippen LogP contribution in [0.25, 0.3) is 0 Å². The molecule has 0 aliphatic rings. The fourth-order valence-electron chi connectivity index (χ4n) is 0.490. The Labute approximate surface area is 64.4 Å². The first-order valence-electron chi connectivity index (χ1n) is 3.17. The molecule has 0 saturated carbocycles. The average Bonchev–Trinajstić information content (AvgIpc) is 1.84. The Morgan fingerprint density at radius 1 is 1.55 bits per heavy atom. The van der Waals surface area contributed by atoms with Crippen LogP contribution < -0.4 is 11.5 Å². The zero-order chi connectivity index (χ0) is 9.07. The number of hydrogen-bond donors (Lipinski definition) is 3. The minimum atomic E-state index is -1.35. The summed E-state index contributed by atoms with van der Waals surface area (Å²) in [7, 11) is 0. The minimum absolute atomic E-state index is 0.000694. The molecule has 5 N–H and O–H groups in total. The Bertz CT molecular complexity index is 177. The molecule has 0 heterocycles. The van der Waals surface area contributed by atoms with Gasteiger partial charge in [-0.3, -0.25) is 9.59 Å². The third-order valence-electron chi connectivity index (χ3n) is 1.38. The number of carbonyl (C=O) groups is 2. The highest BCUT2D eigenvalue weighted by molar-refractivity contribution is 5.80. The largest absolute Gasteiger partial charge is 0.480 e. The first-order chi connectivity index (χ1) is 4.86. The number of nitrogens with two attached hydrogens (primary N) is 2. The van der Waals surface area contributed by atoms with E-state index in [1.165, 1.54) is 6.92 Å². The number of amides is 1. The van der Waals surface area contributed by atoms with E-state index in [0.29, 0.717) is 0 Å². The van der Waals surface area contributed by atoms with Gasteiger partial charge >= 0.3 is 5.97 Å². The highest BCUT2D eigenvalue weighted by atomic mass is 16.4. The highest BCUT2D eigenvalue weighted by Crippen LogP contribution is 2.07. The van der Waals surface area contributed by atoms with Crippen LogP contribution in [0, 0.1) is 0 Å². The van der Waals surface area contributed by atoms with E-state index in [2.05, 4.69) is 0 Å². The second kappa shape index (κ2) is 3.34. The Hall–Kier alpha value is -1.10. The van der Waals surface area contributed by atoms with Gasteiger partial charge in [-0.2, -0.15) is 0 Å². The van der Waals surface area contributed by atoms with Crippen LogP contribution in [0.5, 0.6) is 0 Å². The lowest BCUT2D eigenvalue weighted by atomic mass is 9.97. The molecule has 0 spiro atoms. The standard InChI is InChI=1S/C6H12N2O3/c1-6(8,5(10)11)3-2-4(7)9/h2-3,8H2,1H3,(H2,7,9)(H,10,11). The van der Waals surface area contributed by atoms with Crippen molar-refractivity contribution >= 4 is 11.9 Å². The summed E-state index contributed by atoms with van der Waals surface area (Å²) in [5.41, 5.74) is 8.76. The zero-order valence-electron chi connectivity index (χ0n) is 6.33. The molecule has 0 radical (unpaired) electrons. The van der Waals surface area contributed by atoms with E-state index >= 15 is 0 Å². The summed E-state index contributed by atoms with van der Waals surface area (Å²) in [4.78, 5) is 20.6. The SMILES string of the molecule is CC(N)(CCC(N)=O)C(=O)O. The lowest BCUT2D eigenvalue weighted by Gasteiger charge is -2.17. The number of hydrogen-bond acceptors (Lipinski definition) is 3. The molecule has 5 nitrogen and oxygen atoms in total. The van der Waals surface area contributed by atoms with Crippen LogP contribution in [0.1, 0.15) is 19.8 Å². The average molecular weight is 160 g/mol. The molecule has 0 aliphatic carbocycles. The van der Waals surface area contributed by atoms with Gasteiger partial charge in [0, 0.05) is 6.42 Å². The van der Waals surface area contributed by atoms with Crippen molar-refractivity contribution in [2.24, 2.45) is 11.5 Å². The van der Waals surface area contributed by atoms with Crippen molar-refractivity contribution in [1.82, 2.24) is 0 Å². The third kappa shape index (κ3) is 3.57. The molecule has 0 rings (SSSR count). The van der Waals surface area contributed by atoms with Crippen molar-refractivity contribution in [3.05, 3.63) is 0 Å². The number of rotatable bonds is 4. The quantitative estimate of drug-likeness (QED) is 0.493. The van der Waals surface area contributed by atoms with E-state index in [0.717, 1.165) is 0 Å². The van der Waals surface area contributed by atoms with Crippen molar-refractivity contribution in [3.8, 4) is 0 Å². The van der Waals surface area contributed by atoms with Crippen molar-refractivity contribution < 1.29 is 14.7 Å². The molecule has 1 amide bonds. The minimum Gasteiger partial charge on any atom is -0.480 e. The summed E-state index contributed by atoms with van der Waals surface area (Å²) in [6.07, 6.45) is 0.0664. The monoisotopic (exact) mass is 160 g/mol. The van der Waals surface area contributed by atoms with E-state index < -0.39 is 17.4 Å². The van der Waals surface area contributed by atoms with Crippen LogP contribution in [-0.2, 0) is 9.59 Å². The summed E-state index contributed by atoms with van der Waals surface area (Å²) in [6, 6.07) is 0. The molecule has 0 fully saturated rings. The van der Waals surface area contributed by atoms with Gasteiger partial charge in [0.2, 0.25) is 5.91 Å². The van der Waals surface area contributed by atoms with Gasteiger partial charge < -0.3 is 16.6 Å². The summed E-state index contributed by atoms with van der Waals surface area (Å²) < 4.78 is 0. The van der Waals surface area contributed by atoms with Crippen LogP contribution in [0.3, 0.4) is 0 Å². The van der Waals surface area contributed by atoms with Crippen molar-refractivity contribution in [1.29, 1.82) is 0 Å².